The second-order valence-corrected chi connectivity index (χ2v) is 7.16. The van der Waals surface area contributed by atoms with Crippen LogP contribution in [0.3, 0.4) is 0 Å². The molecule has 26 heavy (non-hydrogen) atoms. The zero-order valence-electron chi connectivity index (χ0n) is 14.1. The molecule has 2 rings (SSSR count). The van der Waals surface area contributed by atoms with Crippen LogP contribution in [0.4, 0.5) is 0 Å². The lowest BCUT2D eigenvalue weighted by Gasteiger charge is -2.45. The first-order valence-electron chi connectivity index (χ1n) is 8.59. The van der Waals surface area contributed by atoms with Gasteiger partial charge in [-0.25, -0.2) is 0 Å². The monoisotopic (exact) mass is 370 g/mol. The molecule has 0 aromatic heterocycles. The molecular weight excluding hydrogens is 348 g/mol. The van der Waals surface area contributed by atoms with Crippen molar-refractivity contribution in [3.05, 3.63) is 0 Å². The summed E-state index contributed by atoms with van der Waals surface area (Å²) >= 11 is 0. The van der Waals surface area contributed by atoms with Crippen LogP contribution in [-0.4, -0.2) is 50.1 Å². The highest BCUT2D eigenvalue weighted by Crippen LogP contribution is 2.52. The smallest absolute Gasteiger partial charge is 0.318 e. The summed E-state index contributed by atoms with van der Waals surface area (Å²) < 4.78 is 0. The van der Waals surface area contributed by atoms with Gasteiger partial charge in [-0.1, -0.05) is 25.7 Å². The first kappa shape index (κ1) is 19.9. The summed E-state index contributed by atoms with van der Waals surface area (Å²) in [5.41, 5.74) is -4.85. The van der Waals surface area contributed by atoms with Gasteiger partial charge in [-0.3, -0.25) is 24.0 Å². The van der Waals surface area contributed by atoms with E-state index in [1.54, 1.807) is 0 Å². The van der Waals surface area contributed by atoms with Crippen LogP contribution in [0.25, 0.3) is 0 Å². The molecule has 2 saturated carbocycles. The van der Waals surface area contributed by atoms with Gasteiger partial charge in [0, 0.05) is 0 Å². The number of ketones is 1. The molecule has 4 unspecified atom stereocenters. The van der Waals surface area contributed by atoms with Crippen molar-refractivity contribution in [1.29, 1.82) is 0 Å². The van der Waals surface area contributed by atoms with Gasteiger partial charge in [-0.05, 0) is 25.7 Å². The quantitative estimate of drug-likeness (QED) is 0.503. The number of Topliss-reactive ketones (excluding diaryl/α,β-unsaturated/α-hetero) is 1. The lowest BCUT2D eigenvalue weighted by Crippen LogP contribution is -2.61. The predicted molar refractivity (Wildman–Crippen MR) is 84.3 cm³/mol. The summed E-state index contributed by atoms with van der Waals surface area (Å²) in [6.45, 7) is 0. The number of carbonyl (C=O) groups is 5. The summed E-state index contributed by atoms with van der Waals surface area (Å²) in [7, 11) is 0. The lowest BCUT2D eigenvalue weighted by atomic mass is 9.52. The van der Waals surface area contributed by atoms with E-state index in [0.29, 0.717) is 12.8 Å². The van der Waals surface area contributed by atoms with Crippen LogP contribution in [0.15, 0.2) is 0 Å². The van der Waals surface area contributed by atoms with Gasteiger partial charge in [0.15, 0.2) is 5.78 Å². The van der Waals surface area contributed by atoms with E-state index >= 15 is 0 Å². The van der Waals surface area contributed by atoms with E-state index in [-0.39, 0.29) is 38.5 Å². The molecule has 0 saturated heterocycles. The summed E-state index contributed by atoms with van der Waals surface area (Å²) in [6, 6.07) is 0. The normalized spacial score (nSPS) is 34.6. The number of hydrogen-bond donors (Lipinski definition) is 4. The first-order chi connectivity index (χ1) is 12.1. The minimum Gasteiger partial charge on any atom is -0.481 e. The van der Waals surface area contributed by atoms with Crippen molar-refractivity contribution in [2.24, 2.45) is 22.7 Å². The van der Waals surface area contributed by atoms with Gasteiger partial charge in [0.1, 0.15) is 10.8 Å². The molecule has 0 radical (unpaired) electrons. The van der Waals surface area contributed by atoms with Crippen molar-refractivity contribution in [3.63, 3.8) is 0 Å². The van der Waals surface area contributed by atoms with Crippen molar-refractivity contribution in [2.75, 3.05) is 0 Å². The van der Waals surface area contributed by atoms with Crippen LogP contribution in [0.5, 0.6) is 0 Å². The molecule has 0 amide bonds. The van der Waals surface area contributed by atoms with Gasteiger partial charge in [0.25, 0.3) is 0 Å². The number of carboxylic acid groups (broad SMARTS) is 4. The van der Waals surface area contributed by atoms with E-state index < -0.39 is 52.3 Å². The maximum atomic E-state index is 13.4. The average Bonchev–Trinajstić information content (AvgIpc) is 2.60. The van der Waals surface area contributed by atoms with Crippen molar-refractivity contribution in [2.45, 2.75) is 51.4 Å². The molecule has 0 bridgehead atoms. The fourth-order valence-corrected chi connectivity index (χ4v) is 4.66. The Balaban J connectivity index is 2.68. The van der Waals surface area contributed by atoms with Gasteiger partial charge < -0.3 is 20.4 Å². The van der Waals surface area contributed by atoms with Crippen LogP contribution < -0.4 is 0 Å². The molecule has 2 aliphatic rings. The van der Waals surface area contributed by atoms with Crippen molar-refractivity contribution >= 4 is 29.7 Å². The Morgan fingerprint density at radius 1 is 0.615 bits per heavy atom. The van der Waals surface area contributed by atoms with Gasteiger partial charge >= 0.3 is 23.9 Å². The molecule has 0 spiro atoms. The van der Waals surface area contributed by atoms with Crippen LogP contribution in [0, 0.1) is 22.7 Å². The third kappa shape index (κ3) is 2.75. The summed E-state index contributed by atoms with van der Waals surface area (Å²) in [5.74, 6) is -10.8. The molecule has 9 nitrogen and oxygen atoms in total. The minimum atomic E-state index is -2.42. The molecule has 2 fully saturated rings. The maximum absolute atomic E-state index is 13.4. The Labute approximate surface area is 149 Å². The third-order valence-corrected chi connectivity index (χ3v) is 5.99. The van der Waals surface area contributed by atoms with Crippen molar-refractivity contribution in [3.8, 4) is 0 Å². The Bertz CT molecular complexity index is 601. The van der Waals surface area contributed by atoms with E-state index in [9.17, 15) is 44.4 Å². The highest BCUT2D eigenvalue weighted by molar-refractivity contribution is 6.17. The van der Waals surface area contributed by atoms with Gasteiger partial charge in [0.2, 0.25) is 0 Å². The molecule has 0 heterocycles. The molecule has 2 aliphatic carbocycles. The molecule has 0 aliphatic heterocycles. The molecule has 0 aromatic rings. The van der Waals surface area contributed by atoms with E-state index in [1.165, 1.54) is 0 Å². The highest BCUT2D eigenvalue weighted by atomic mass is 16.4. The van der Waals surface area contributed by atoms with Crippen molar-refractivity contribution in [1.82, 2.24) is 0 Å². The van der Waals surface area contributed by atoms with Gasteiger partial charge in [0.05, 0.1) is 11.8 Å². The second kappa shape index (κ2) is 7.05. The highest BCUT2D eigenvalue weighted by Gasteiger charge is 2.67. The summed E-state index contributed by atoms with van der Waals surface area (Å²) in [5, 5.41) is 38.6. The fraction of sp³-hybridized carbons (Fsp3) is 0.706. The summed E-state index contributed by atoms with van der Waals surface area (Å²) in [6.07, 6.45) is 0.578. The predicted octanol–water partition coefficient (Wildman–Crippen LogP) is 1.25. The Morgan fingerprint density at radius 3 is 1.23 bits per heavy atom. The van der Waals surface area contributed by atoms with E-state index in [2.05, 4.69) is 0 Å². The fourth-order valence-electron chi connectivity index (χ4n) is 4.66. The van der Waals surface area contributed by atoms with Gasteiger partial charge in [-0.15, -0.1) is 0 Å². The third-order valence-electron chi connectivity index (χ3n) is 5.99. The number of carboxylic acids is 4. The molecule has 9 heteroatoms. The lowest BCUT2D eigenvalue weighted by molar-refractivity contribution is -0.185. The first-order valence-corrected chi connectivity index (χ1v) is 8.59. The number of rotatable bonds is 6. The zero-order valence-corrected chi connectivity index (χ0v) is 14.1. The molecule has 144 valence electrons. The number of carbonyl (C=O) groups excluding carboxylic acids is 1. The molecule has 4 atom stereocenters. The van der Waals surface area contributed by atoms with Crippen LogP contribution in [0.1, 0.15) is 51.4 Å². The Morgan fingerprint density at radius 2 is 0.962 bits per heavy atom. The topological polar surface area (TPSA) is 166 Å². The van der Waals surface area contributed by atoms with Crippen LogP contribution in [-0.2, 0) is 24.0 Å². The molecule has 0 aromatic carbocycles. The van der Waals surface area contributed by atoms with Crippen LogP contribution >= 0.6 is 0 Å². The standard InChI is InChI=1S/C17H22O9/c18-11(19)9-5-1-3-7-16(9,14(23)24)13(22)17(15(25)26)8-4-2-6-10(17)12(20)21/h9-10H,1-8H2,(H,18,19)(H,20,21)(H,23,24)(H,25,26). The number of hydrogen-bond acceptors (Lipinski definition) is 5. The van der Waals surface area contributed by atoms with Gasteiger partial charge in [-0.2, -0.15) is 0 Å². The number of aliphatic carboxylic acids is 4. The average molecular weight is 370 g/mol. The second-order valence-electron chi connectivity index (χ2n) is 7.16. The largest absolute Gasteiger partial charge is 0.481 e. The molecular formula is C17H22O9. The van der Waals surface area contributed by atoms with E-state index in [4.69, 9.17) is 0 Å². The minimum absolute atomic E-state index is 0.0686. The van der Waals surface area contributed by atoms with E-state index in [1.807, 2.05) is 0 Å². The SMILES string of the molecule is O=C(O)C1CCCCC1(C(=O)O)C(=O)C1(C(=O)O)CCCCC1C(=O)O. The van der Waals surface area contributed by atoms with E-state index in [0.717, 1.165) is 0 Å². The Kier molecular flexibility index (Phi) is 5.39. The summed E-state index contributed by atoms with van der Waals surface area (Å²) in [4.78, 5) is 60.9. The molecule has 4 N–H and O–H groups in total. The van der Waals surface area contributed by atoms with Crippen LogP contribution in [0.2, 0.25) is 0 Å². The van der Waals surface area contributed by atoms with Crippen molar-refractivity contribution < 1.29 is 44.4 Å². The Hall–Kier alpha value is -2.45. The zero-order chi connectivity index (χ0) is 19.7. The maximum Gasteiger partial charge on any atom is 0.318 e.